The number of hydrogen-bond acceptors (Lipinski definition) is 1. The third-order valence-corrected chi connectivity index (χ3v) is 3.52. The van der Waals surface area contributed by atoms with E-state index in [2.05, 4.69) is 6.92 Å². The van der Waals surface area contributed by atoms with Gasteiger partial charge in [0.2, 0.25) is 0 Å². The lowest BCUT2D eigenvalue weighted by atomic mass is 9.82. The molecule has 2 fully saturated rings. The molecule has 2 aliphatic carbocycles. The molecule has 0 spiro atoms. The van der Waals surface area contributed by atoms with Crippen molar-refractivity contribution in [2.75, 3.05) is 0 Å². The monoisotopic (exact) mass is 153 g/mol. The highest BCUT2D eigenvalue weighted by atomic mass is 14.8. The normalized spacial score (nSPS) is 50.7. The molecule has 1 heteroatoms. The van der Waals surface area contributed by atoms with Gasteiger partial charge in [0.15, 0.2) is 0 Å². The number of rotatable bonds is 0. The topological polar surface area (TPSA) is 26.0 Å². The second kappa shape index (κ2) is 2.48. The average molecular weight is 153 g/mol. The van der Waals surface area contributed by atoms with E-state index in [0.29, 0.717) is 0 Å². The van der Waals surface area contributed by atoms with Crippen LogP contribution in [0, 0.1) is 11.8 Å². The van der Waals surface area contributed by atoms with Crippen LogP contribution in [0.3, 0.4) is 0 Å². The molecule has 0 aromatic heterocycles. The number of fused-ring (bicyclic) bond motifs is 1. The van der Waals surface area contributed by atoms with Crippen molar-refractivity contribution in [1.82, 2.24) is 0 Å². The molecule has 0 bridgehead atoms. The van der Waals surface area contributed by atoms with Crippen LogP contribution in [-0.4, -0.2) is 5.54 Å². The van der Waals surface area contributed by atoms with Crippen molar-refractivity contribution in [2.45, 2.75) is 51.0 Å². The average Bonchev–Trinajstić information content (AvgIpc) is 2.21. The van der Waals surface area contributed by atoms with Crippen molar-refractivity contribution in [1.29, 1.82) is 0 Å². The van der Waals surface area contributed by atoms with Crippen molar-refractivity contribution in [3.05, 3.63) is 0 Å². The molecule has 0 saturated heterocycles. The third-order valence-electron chi connectivity index (χ3n) is 3.52. The van der Waals surface area contributed by atoms with Crippen molar-refractivity contribution < 1.29 is 0 Å². The Morgan fingerprint density at radius 1 is 1.09 bits per heavy atom. The second-order valence-electron chi connectivity index (χ2n) is 4.87. The standard InChI is InChI=1S/C10H19N/c1-10(11)6-8-4-2-3-5-9(8)7-10/h8-9H,2-7,11H2,1H3. The summed E-state index contributed by atoms with van der Waals surface area (Å²) in [5.74, 6) is 1.97. The van der Waals surface area contributed by atoms with E-state index in [9.17, 15) is 0 Å². The first kappa shape index (κ1) is 7.60. The summed E-state index contributed by atoms with van der Waals surface area (Å²) in [6.45, 7) is 2.23. The van der Waals surface area contributed by atoms with Gasteiger partial charge < -0.3 is 5.73 Å². The maximum absolute atomic E-state index is 6.14. The highest BCUT2D eigenvalue weighted by Crippen LogP contribution is 2.45. The van der Waals surface area contributed by atoms with Crippen LogP contribution >= 0.6 is 0 Å². The van der Waals surface area contributed by atoms with Crippen LogP contribution in [0.25, 0.3) is 0 Å². The van der Waals surface area contributed by atoms with E-state index >= 15 is 0 Å². The Hall–Kier alpha value is -0.0400. The van der Waals surface area contributed by atoms with E-state index in [4.69, 9.17) is 5.73 Å². The van der Waals surface area contributed by atoms with Crippen molar-refractivity contribution in [3.8, 4) is 0 Å². The molecule has 0 aliphatic heterocycles. The van der Waals surface area contributed by atoms with Gasteiger partial charge in [-0.1, -0.05) is 25.7 Å². The van der Waals surface area contributed by atoms with Crippen molar-refractivity contribution >= 4 is 0 Å². The van der Waals surface area contributed by atoms with E-state index in [1.54, 1.807) is 0 Å². The zero-order chi connectivity index (χ0) is 7.90. The van der Waals surface area contributed by atoms with Crippen LogP contribution in [-0.2, 0) is 0 Å². The van der Waals surface area contributed by atoms with E-state index in [0.717, 1.165) is 11.8 Å². The molecule has 1 nitrogen and oxygen atoms in total. The van der Waals surface area contributed by atoms with Crippen molar-refractivity contribution in [3.63, 3.8) is 0 Å². The fourth-order valence-electron chi connectivity index (χ4n) is 3.10. The van der Waals surface area contributed by atoms with Gasteiger partial charge in [-0.15, -0.1) is 0 Å². The first-order valence-electron chi connectivity index (χ1n) is 4.96. The predicted octanol–water partition coefficient (Wildman–Crippen LogP) is 2.30. The minimum absolute atomic E-state index is 0.180. The zero-order valence-electron chi connectivity index (χ0n) is 7.47. The molecule has 0 amide bonds. The predicted molar refractivity (Wildman–Crippen MR) is 47.3 cm³/mol. The van der Waals surface area contributed by atoms with Gasteiger partial charge >= 0.3 is 0 Å². The molecule has 0 heterocycles. The fraction of sp³-hybridized carbons (Fsp3) is 1.00. The van der Waals surface area contributed by atoms with E-state index < -0.39 is 0 Å². The lowest BCUT2D eigenvalue weighted by molar-refractivity contribution is 0.277. The summed E-state index contributed by atoms with van der Waals surface area (Å²) in [5.41, 5.74) is 6.32. The van der Waals surface area contributed by atoms with Crippen LogP contribution in [0.2, 0.25) is 0 Å². The Balaban J connectivity index is 2.03. The largest absolute Gasteiger partial charge is 0.325 e. The van der Waals surface area contributed by atoms with Gasteiger partial charge in [0.05, 0.1) is 0 Å². The highest BCUT2D eigenvalue weighted by molar-refractivity contribution is 4.96. The summed E-state index contributed by atoms with van der Waals surface area (Å²) >= 11 is 0. The van der Waals surface area contributed by atoms with Crippen LogP contribution in [0.5, 0.6) is 0 Å². The van der Waals surface area contributed by atoms with Gasteiger partial charge in [-0.25, -0.2) is 0 Å². The molecular weight excluding hydrogens is 134 g/mol. The van der Waals surface area contributed by atoms with Crippen LogP contribution in [0.15, 0.2) is 0 Å². The van der Waals surface area contributed by atoms with E-state index in [1.807, 2.05) is 0 Å². The quantitative estimate of drug-likeness (QED) is 0.568. The Labute approximate surface area is 69.4 Å². The molecule has 0 aromatic rings. The van der Waals surface area contributed by atoms with Gasteiger partial charge in [0.25, 0.3) is 0 Å². The summed E-state index contributed by atoms with van der Waals surface area (Å²) in [5, 5.41) is 0. The molecule has 2 aliphatic rings. The lowest BCUT2D eigenvalue weighted by Gasteiger charge is -2.24. The van der Waals surface area contributed by atoms with Crippen LogP contribution in [0.4, 0.5) is 0 Å². The third kappa shape index (κ3) is 1.44. The summed E-state index contributed by atoms with van der Waals surface area (Å²) in [6, 6.07) is 0. The number of hydrogen-bond donors (Lipinski definition) is 1. The highest BCUT2D eigenvalue weighted by Gasteiger charge is 2.40. The van der Waals surface area contributed by atoms with Gasteiger partial charge in [-0.3, -0.25) is 0 Å². The summed E-state index contributed by atoms with van der Waals surface area (Å²) < 4.78 is 0. The maximum Gasteiger partial charge on any atom is 0.0131 e. The molecule has 2 N–H and O–H groups in total. The maximum atomic E-state index is 6.14. The van der Waals surface area contributed by atoms with Gasteiger partial charge in [-0.2, -0.15) is 0 Å². The minimum atomic E-state index is 0.180. The lowest BCUT2D eigenvalue weighted by Crippen LogP contribution is -2.32. The zero-order valence-corrected chi connectivity index (χ0v) is 7.47. The first-order valence-corrected chi connectivity index (χ1v) is 4.96. The summed E-state index contributed by atoms with van der Waals surface area (Å²) in [7, 11) is 0. The summed E-state index contributed by atoms with van der Waals surface area (Å²) in [4.78, 5) is 0. The van der Waals surface area contributed by atoms with Crippen molar-refractivity contribution in [2.24, 2.45) is 17.6 Å². The van der Waals surface area contributed by atoms with E-state index in [1.165, 1.54) is 38.5 Å². The molecule has 11 heavy (non-hydrogen) atoms. The Kier molecular flexibility index (Phi) is 1.71. The van der Waals surface area contributed by atoms with Gasteiger partial charge in [0, 0.05) is 5.54 Å². The second-order valence-corrected chi connectivity index (χ2v) is 4.87. The smallest absolute Gasteiger partial charge is 0.0131 e. The minimum Gasteiger partial charge on any atom is -0.325 e. The summed E-state index contributed by atoms with van der Waals surface area (Å²) in [6.07, 6.45) is 8.40. The SMILES string of the molecule is CC1(N)CC2CCCCC2C1. The molecule has 2 unspecified atom stereocenters. The van der Waals surface area contributed by atoms with E-state index in [-0.39, 0.29) is 5.54 Å². The van der Waals surface area contributed by atoms with Gasteiger partial charge in [0.1, 0.15) is 0 Å². The molecule has 64 valence electrons. The Morgan fingerprint density at radius 2 is 1.55 bits per heavy atom. The first-order chi connectivity index (χ1) is 5.17. The molecule has 2 rings (SSSR count). The molecule has 2 atom stereocenters. The molecule has 2 saturated carbocycles. The molecular formula is C10H19N. The Bertz CT molecular complexity index is 135. The molecule has 0 radical (unpaired) electrons. The van der Waals surface area contributed by atoms with Gasteiger partial charge in [-0.05, 0) is 31.6 Å². The fourth-order valence-corrected chi connectivity index (χ4v) is 3.10. The molecule has 0 aromatic carbocycles. The Morgan fingerprint density at radius 3 is 2.00 bits per heavy atom. The number of nitrogens with two attached hydrogens (primary N) is 1. The van der Waals surface area contributed by atoms with Crippen LogP contribution < -0.4 is 5.73 Å². The van der Waals surface area contributed by atoms with Crippen LogP contribution in [0.1, 0.15) is 45.4 Å².